The third-order valence-corrected chi connectivity index (χ3v) is 3.62. The van der Waals surface area contributed by atoms with Gasteiger partial charge in [0.05, 0.1) is 16.1 Å². The van der Waals surface area contributed by atoms with Crippen LogP contribution in [0.25, 0.3) is 0 Å². The highest BCUT2D eigenvalue weighted by molar-refractivity contribution is 6.42. The van der Waals surface area contributed by atoms with Gasteiger partial charge in [0, 0.05) is 12.2 Å². The van der Waals surface area contributed by atoms with Gasteiger partial charge in [-0.15, -0.1) is 0 Å². The normalized spacial score (nSPS) is 12.1. The molecule has 0 bridgehead atoms. The molecular weight excluding hydrogens is 315 g/mol. The molecule has 5 nitrogen and oxygen atoms in total. The van der Waals surface area contributed by atoms with Gasteiger partial charge in [-0.2, -0.15) is 0 Å². The molecule has 21 heavy (non-hydrogen) atoms. The van der Waals surface area contributed by atoms with E-state index in [0.29, 0.717) is 17.1 Å². The summed E-state index contributed by atoms with van der Waals surface area (Å²) in [6, 6.07) is 4.52. The Kier molecular flexibility index (Phi) is 6.95. The second kappa shape index (κ2) is 8.22. The Balaban J connectivity index is 2.44. The standard InChI is InChI=1S/C14H18Cl2N2O3/c1-8(2)12(19)5-6-17-13(20)14(21)18-9-3-4-10(15)11(16)7-9/h3-4,7-8,12,19H,5-6H2,1-2H3,(H,17,20)(H,18,21). The van der Waals surface area contributed by atoms with Crippen molar-refractivity contribution >= 4 is 40.7 Å². The number of carbonyl (C=O) groups is 2. The summed E-state index contributed by atoms with van der Waals surface area (Å²) in [5, 5.41) is 15.1. The van der Waals surface area contributed by atoms with Gasteiger partial charge in [0.15, 0.2) is 0 Å². The maximum atomic E-state index is 11.7. The third kappa shape index (κ3) is 5.91. The number of rotatable bonds is 5. The molecule has 0 spiro atoms. The first-order chi connectivity index (χ1) is 9.81. The molecule has 7 heteroatoms. The van der Waals surface area contributed by atoms with Crippen molar-refractivity contribution in [3.63, 3.8) is 0 Å². The van der Waals surface area contributed by atoms with E-state index in [1.165, 1.54) is 12.1 Å². The van der Waals surface area contributed by atoms with Gasteiger partial charge >= 0.3 is 11.8 Å². The van der Waals surface area contributed by atoms with Crippen molar-refractivity contribution in [2.75, 3.05) is 11.9 Å². The molecule has 0 saturated carbocycles. The fourth-order valence-electron chi connectivity index (χ4n) is 1.51. The van der Waals surface area contributed by atoms with Gasteiger partial charge in [0.1, 0.15) is 0 Å². The van der Waals surface area contributed by atoms with Crippen LogP contribution in [-0.2, 0) is 9.59 Å². The Bertz CT molecular complexity index is 521. The lowest BCUT2D eigenvalue weighted by Gasteiger charge is -2.14. The average Bonchev–Trinajstić information content (AvgIpc) is 2.42. The molecule has 0 aliphatic heterocycles. The van der Waals surface area contributed by atoms with E-state index in [1.807, 2.05) is 13.8 Å². The number of aliphatic hydroxyl groups is 1. The molecule has 0 aliphatic rings. The minimum absolute atomic E-state index is 0.104. The van der Waals surface area contributed by atoms with E-state index >= 15 is 0 Å². The molecule has 2 amide bonds. The summed E-state index contributed by atoms with van der Waals surface area (Å²) in [7, 11) is 0. The van der Waals surface area contributed by atoms with Crippen molar-refractivity contribution in [3.05, 3.63) is 28.2 Å². The van der Waals surface area contributed by atoms with E-state index in [-0.39, 0.29) is 17.5 Å². The predicted molar refractivity (Wildman–Crippen MR) is 83.6 cm³/mol. The minimum atomic E-state index is -0.799. The quantitative estimate of drug-likeness (QED) is 0.724. The molecule has 1 aromatic rings. The summed E-state index contributed by atoms with van der Waals surface area (Å²) in [5.41, 5.74) is 0.381. The first-order valence-electron chi connectivity index (χ1n) is 6.53. The van der Waals surface area contributed by atoms with Gasteiger partial charge in [-0.3, -0.25) is 9.59 Å². The zero-order chi connectivity index (χ0) is 16.0. The minimum Gasteiger partial charge on any atom is -0.393 e. The van der Waals surface area contributed by atoms with E-state index in [4.69, 9.17) is 23.2 Å². The van der Waals surface area contributed by atoms with Crippen LogP contribution in [0, 0.1) is 5.92 Å². The molecule has 0 saturated heterocycles. The van der Waals surface area contributed by atoms with Gasteiger partial charge in [0.2, 0.25) is 0 Å². The Hall–Kier alpha value is -1.30. The van der Waals surface area contributed by atoms with E-state index < -0.39 is 17.9 Å². The SMILES string of the molecule is CC(C)C(O)CCNC(=O)C(=O)Nc1ccc(Cl)c(Cl)c1. The molecular formula is C14H18Cl2N2O3. The van der Waals surface area contributed by atoms with Crippen LogP contribution in [0.2, 0.25) is 10.0 Å². The lowest BCUT2D eigenvalue weighted by Crippen LogP contribution is -2.37. The van der Waals surface area contributed by atoms with Crippen LogP contribution in [-0.4, -0.2) is 29.6 Å². The molecule has 1 atom stereocenters. The van der Waals surface area contributed by atoms with Crippen molar-refractivity contribution in [3.8, 4) is 0 Å². The molecule has 0 fully saturated rings. The zero-order valence-electron chi connectivity index (χ0n) is 11.8. The van der Waals surface area contributed by atoms with E-state index in [9.17, 15) is 14.7 Å². The Labute approximate surface area is 133 Å². The maximum Gasteiger partial charge on any atom is 0.313 e. The number of benzene rings is 1. The van der Waals surface area contributed by atoms with Crippen LogP contribution >= 0.6 is 23.2 Å². The average molecular weight is 333 g/mol. The fourth-order valence-corrected chi connectivity index (χ4v) is 1.81. The maximum absolute atomic E-state index is 11.7. The monoisotopic (exact) mass is 332 g/mol. The zero-order valence-corrected chi connectivity index (χ0v) is 13.3. The first kappa shape index (κ1) is 17.8. The topological polar surface area (TPSA) is 78.4 Å². The number of amides is 2. The van der Waals surface area contributed by atoms with Gasteiger partial charge < -0.3 is 15.7 Å². The fraction of sp³-hybridized carbons (Fsp3) is 0.429. The van der Waals surface area contributed by atoms with Crippen LogP contribution in [0.3, 0.4) is 0 Å². The van der Waals surface area contributed by atoms with E-state index in [2.05, 4.69) is 10.6 Å². The summed E-state index contributed by atoms with van der Waals surface area (Å²) in [5.74, 6) is -1.46. The Morgan fingerprint density at radius 3 is 2.43 bits per heavy atom. The number of hydrogen-bond donors (Lipinski definition) is 3. The van der Waals surface area contributed by atoms with Crippen molar-refractivity contribution in [2.45, 2.75) is 26.4 Å². The van der Waals surface area contributed by atoms with E-state index in [1.54, 1.807) is 6.07 Å². The smallest absolute Gasteiger partial charge is 0.313 e. The highest BCUT2D eigenvalue weighted by atomic mass is 35.5. The summed E-state index contributed by atoms with van der Waals surface area (Å²) in [4.78, 5) is 23.2. The highest BCUT2D eigenvalue weighted by Crippen LogP contribution is 2.24. The number of carbonyl (C=O) groups excluding carboxylic acids is 2. The summed E-state index contributed by atoms with van der Waals surface area (Å²) in [6.45, 7) is 3.99. The van der Waals surface area contributed by atoms with Crippen LogP contribution < -0.4 is 10.6 Å². The molecule has 0 heterocycles. The second-order valence-corrected chi connectivity index (χ2v) is 5.75. The Morgan fingerprint density at radius 2 is 1.86 bits per heavy atom. The first-order valence-corrected chi connectivity index (χ1v) is 7.29. The largest absolute Gasteiger partial charge is 0.393 e. The molecule has 1 aromatic carbocycles. The number of hydrogen-bond acceptors (Lipinski definition) is 3. The summed E-state index contributed by atoms with van der Waals surface area (Å²) < 4.78 is 0. The molecule has 1 rings (SSSR count). The van der Waals surface area contributed by atoms with Gasteiger partial charge in [0.25, 0.3) is 0 Å². The molecule has 116 valence electrons. The Morgan fingerprint density at radius 1 is 1.19 bits per heavy atom. The van der Waals surface area contributed by atoms with Gasteiger partial charge in [-0.25, -0.2) is 0 Å². The lowest BCUT2D eigenvalue weighted by atomic mass is 10.0. The van der Waals surface area contributed by atoms with Crippen molar-refractivity contribution in [2.24, 2.45) is 5.92 Å². The second-order valence-electron chi connectivity index (χ2n) is 4.94. The van der Waals surface area contributed by atoms with Crippen molar-refractivity contribution in [1.29, 1.82) is 0 Å². The molecule has 0 radical (unpaired) electrons. The van der Waals surface area contributed by atoms with E-state index in [0.717, 1.165) is 0 Å². The number of aliphatic hydroxyl groups excluding tert-OH is 1. The summed E-state index contributed by atoms with van der Waals surface area (Å²) in [6.07, 6.45) is -0.118. The molecule has 1 unspecified atom stereocenters. The van der Waals surface area contributed by atoms with Gasteiger partial charge in [-0.1, -0.05) is 37.0 Å². The number of nitrogens with one attached hydrogen (secondary N) is 2. The predicted octanol–water partition coefficient (Wildman–Crippen LogP) is 2.46. The molecule has 0 aromatic heterocycles. The van der Waals surface area contributed by atoms with Crippen molar-refractivity contribution < 1.29 is 14.7 Å². The molecule has 3 N–H and O–H groups in total. The number of halogens is 2. The van der Waals surface area contributed by atoms with Crippen LogP contribution in [0.1, 0.15) is 20.3 Å². The van der Waals surface area contributed by atoms with Gasteiger partial charge in [-0.05, 0) is 30.5 Å². The number of anilines is 1. The van der Waals surface area contributed by atoms with Crippen LogP contribution in [0.15, 0.2) is 18.2 Å². The summed E-state index contributed by atoms with van der Waals surface area (Å²) >= 11 is 11.6. The van der Waals surface area contributed by atoms with Crippen LogP contribution in [0.4, 0.5) is 5.69 Å². The molecule has 0 aliphatic carbocycles. The lowest BCUT2D eigenvalue weighted by molar-refractivity contribution is -0.136. The highest BCUT2D eigenvalue weighted by Gasteiger charge is 2.15. The van der Waals surface area contributed by atoms with Crippen molar-refractivity contribution in [1.82, 2.24) is 5.32 Å². The third-order valence-electron chi connectivity index (χ3n) is 2.88. The van der Waals surface area contributed by atoms with Crippen LogP contribution in [0.5, 0.6) is 0 Å².